The summed E-state index contributed by atoms with van der Waals surface area (Å²) in [5.41, 5.74) is -2.28. The third-order valence-corrected chi connectivity index (χ3v) is 2.67. The summed E-state index contributed by atoms with van der Waals surface area (Å²) in [4.78, 5) is 0. The van der Waals surface area contributed by atoms with Crippen LogP contribution in [-0.2, 0) is 5.85 Å². The SMILES string of the molecule is OC(F)(c1c(F)c(F)c(F)c(F)c1F)C(Cl)(Cl)Cl. The molecule has 1 nitrogen and oxygen atoms in total. The molecule has 1 aromatic carbocycles. The van der Waals surface area contributed by atoms with E-state index in [1.165, 1.54) is 0 Å². The average Bonchev–Trinajstić information content (AvgIpc) is 2.22. The Morgan fingerprint density at radius 1 is 0.722 bits per heavy atom. The Kier molecular flexibility index (Phi) is 4.03. The number of halogens is 9. The van der Waals surface area contributed by atoms with Gasteiger partial charge < -0.3 is 5.11 Å². The van der Waals surface area contributed by atoms with E-state index in [1.54, 1.807) is 0 Å². The molecule has 1 aromatic rings. The monoisotopic (exact) mass is 332 g/mol. The molecule has 0 radical (unpaired) electrons. The van der Waals surface area contributed by atoms with Gasteiger partial charge in [-0.15, -0.1) is 0 Å². The van der Waals surface area contributed by atoms with Crippen molar-refractivity contribution in [1.29, 1.82) is 0 Å². The Morgan fingerprint density at radius 3 is 1.28 bits per heavy atom. The Hall–Kier alpha value is -0.370. The van der Waals surface area contributed by atoms with Crippen LogP contribution in [0.15, 0.2) is 0 Å². The zero-order chi connectivity index (χ0) is 14.5. The van der Waals surface area contributed by atoms with Crippen molar-refractivity contribution in [2.45, 2.75) is 9.65 Å². The van der Waals surface area contributed by atoms with Crippen LogP contribution in [0.2, 0.25) is 0 Å². The zero-order valence-electron chi connectivity index (χ0n) is 7.85. The summed E-state index contributed by atoms with van der Waals surface area (Å²) < 4.78 is 74.6. The lowest BCUT2D eigenvalue weighted by atomic mass is 10.1. The van der Waals surface area contributed by atoms with Crippen LogP contribution in [0.4, 0.5) is 26.3 Å². The summed E-state index contributed by atoms with van der Waals surface area (Å²) in [7, 11) is 0. The van der Waals surface area contributed by atoms with Crippen molar-refractivity contribution in [2.24, 2.45) is 0 Å². The number of rotatable bonds is 1. The van der Waals surface area contributed by atoms with Crippen molar-refractivity contribution in [3.63, 3.8) is 0 Å². The highest BCUT2D eigenvalue weighted by Crippen LogP contribution is 2.48. The van der Waals surface area contributed by atoms with Crippen molar-refractivity contribution in [2.75, 3.05) is 0 Å². The number of hydrogen-bond acceptors (Lipinski definition) is 1. The highest BCUT2D eigenvalue weighted by atomic mass is 35.6. The van der Waals surface area contributed by atoms with Crippen molar-refractivity contribution in [1.82, 2.24) is 0 Å². The van der Waals surface area contributed by atoms with Crippen molar-refractivity contribution >= 4 is 34.8 Å². The minimum absolute atomic E-state index is 2.28. The third-order valence-electron chi connectivity index (χ3n) is 1.92. The molecule has 0 aliphatic carbocycles. The molecular weight excluding hydrogens is 332 g/mol. The van der Waals surface area contributed by atoms with Gasteiger partial charge in [0.1, 0.15) is 0 Å². The summed E-state index contributed by atoms with van der Waals surface area (Å²) in [6.07, 6.45) is 0. The van der Waals surface area contributed by atoms with Crippen LogP contribution in [0.3, 0.4) is 0 Å². The smallest absolute Gasteiger partial charge is 0.286 e. The third kappa shape index (κ3) is 2.24. The molecule has 0 saturated heterocycles. The van der Waals surface area contributed by atoms with Crippen LogP contribution in [0.5, 0.6) is 0 Å². The van der Waals surface area contributed by atoms with Gasteiger partial charge in [0.05, 0.1) is 5.56 Å². The van der Waals surface area contributed by atoms with Crippen LogP contribution in [0, 0.1) is 29.1 Å². The fraction of sp³-hybridized carbons (Fsp3) is 0.250. The van der Waals surface area contributed by atoms with E-state index >= 15 is 0 Å². The molecule has 0 aromatic heterocycles. The van der Waals surface area contributed by atoms with Crippen LogP contribution in [0.1, 0.15) is 5.56 Å². The summed E-state index contributed by atoms with van der Waals surface area (Å²) in [6.45, 7) is 0. The highest BCUT2D eigenvalue weighted by Gasteiger charge is 2.54. The van der Waals surface area contributed by atoms with Crippen molar-refractivity contribution in [3.8, 4) is 0 Å². The molecule has 1 unspecified atom stereocenters. The van der Waals surface area contributed by atoms with Crippen LogP contribution in [0.25, 0.3) is 0 Å². The predicted molar refractivity (Wildman–Crippen MR) is 51.5 cm³/mol. The van der Waals surface area contributed by atoms with Gasteiger partial charge in [0.2, 0.25) is 5.82 Å². The largest absolute Gasteiger partial charge is 0.355 e. The molecule has 0 aliphatic heterocycles. The van der Waals surface area contributed by atoms with Gasteiger partial charge in [-0.2, -0.15) is 0 Å². The van der Waals surface area contributed by atoms with E-state index in [9.17, 15) is 26.3 Å². The first-order valence-corrected chi connectivity index (χ1v) is 5.06. The van der Waals surface area contributed by atoms with Gasteiger partial charge in [0.15, 0.2) is 23.3 Å². The summed E-state index contributed by atoms with van der Waals surface area (Å²) >= 11 is 14.6. The molecule has 0 spiro atoms. The second-order valence-electron chi connectivity index (χ2n) is 3.06. The van der Waals surface area contributed by atoms with E-state index in [4.69, 9.17) is 39.9 Å². The first kappa shape index (κ1) is 15.7. The number of aliphatic hydroxyl groups is 1. The van der Waals surface area contributed by atoms with Gasteiger partial charge >= 0.3 is 0 Å². The standard InChI is InChI=1S/C8HCl3F6O/c9-8(10,11)7(17,18)1-2(12)4(14)6(16)5(15)3(1)13/h18H. The Morgan fingerprint density at radius 2 is 1.00 bits per heavy atom. The van der Waals surface area contributed by atoms with E-state index in [1.807, 2.05) is 0 Å². The number of benzene rings is 1. The number of alkyl halides is 4. The highest BCUT2D eigenvalue weighted by molar-refractivity contribution is 6.68. The average molecular weight is 333 g/mol. The van der Waals surface area contributed by atoms with Gasteiger partial charge in [0, 0.05) is 0 Å². The summed E-state index contributed by atoms with van der Waals surface area (Å²) in [6, 6.07) is 0. The van der Waals surface area contributed by atoms with E-state index < -0.39 is 44.3 Å². The lowest BCUT2D eigenvalue weighted by Gasteiger charge is -2.27. The first-order chi connectivity index (χ1) is 7.93. The van der Waals surface area contributed by atoms with E-state index in [0.29, 0.717) is 0 Å². The Bertz CT molecular complexity index is 470. The summed E-state index contributed by atoms with van der Waals surface area (Å²) in [5.74, 6) is -17.2. The molecule has 1 N–H and O–H groups in total. The van der Waals surface area contributed by atoms with Gasteiger partial charge in [0.25, 0.3) is 9.65 Å². The van der Waals surface area contributed by atoms with Crippen LogP contribution in [-0.4, -0.2) is 8.90 Å². The Balaban J connectivity index is 3.72. The first-order valence-electron chi connectivity index (χ1n) is 3.92. The van der Waals surface area contributed by atoms with E-state index in [-0.39, 0.29) is 0 Å². The van der Waals surface area contributed by atoms with Crippen LogP contribution >= 0.6 is 34.8 Å². The molecule has 0 amide bonds. The summed E-state index contributed by atoms with van der Waals surface area (Å²) in [5, 5.41) is 9.03. The second-order valence-corrected chi connectivity index (χ2v) is 5.35. The van der Waals surface area contributed by atoms with Crippen molar-refractivity contribution < 1.29 is 31.4 Å². The Labute approximate surface area is 111 Å². The van der Waals surface area contributed by atoms with Gasteiger partial charge in [-0.05, 0) is 0 Å². The normalized spacial score (nSPS) is 15.7. The lowest BCUT2D eigenvalue weighted by Crippen LogP contribution is -2.38. The van der Waals surface area contributed by atoms with Gasteiger partial charge in [-0.1, -0.05) is 34.8 Å². The molecule has 0 saturated carbocycles. The van der Waals surface area contributed by atoms with Gasteiger partial charge in [-0.25, -0.2) is 26.3 Å². The maximum Gasteiger partial charge on any atom is 0.286 e. The predicted octanol–water partition coefficient (Wildman–Crippen LogP) is 3.87. The second kappa shape index (κ2) is 4.63. The number of hydrogen-bond donors (Lipinski definition) is 1. The van der Waals surface area contributed by atoms with Gasteiger partial charge in [-0.3, -0.25) is 0 Å². The minimum Gasteiger partial charge on any atom is -0.355 e. The minimum atomic E-state index is -4.42. The lowest BCUT2D eigenvalue weighted by molar-refractivity contribution is -0.0977. The molecule has 0 heterocycles. The molecule has 18 heavy (non-hydrogen) atoms. The molecule has 0 aliphatic rings. The maximum atomic E-state index is 13.6. The van der Waals surface area contributed by atoms with E-state index in [2.05, 4.69) is 0 Å². The van der Waals surface area contributed by atoms with E-state index in [0.717, 1.165) is 0 Å². The topological polar surface area (TPSA) is 20.2 Å². The molecule has 1 rings (SSSR count). The van der Waals surface area contributed by atoms with Crippen molar-refractivity contribution in [3.05, 3.63) is 34.6 Å². The fourth-order valence-electron chi connectivity index (χ4n) is 1.04. The molecule has 0 fully saturated rings. The maximum absolute atomic E-state index is 13.6. The van der Waals surface area contributed by atoms with Crippen LogP contribution < -0.4 is 0 Å². The molecule has 1 atom stereocenters. The molecule has 0 bridgehead atoms. The fourth-order valence-corrected chi connectivity index (χ4v) is 1.32. The molecule has 102 valence electrons. The zero-order valence-corrected chi connectivity index (χ0v) is 10.1. The quantitative estimate of drug-likeness (QED) is 0.358. The molecular formula is C8HCl3F6O. The molecule has 10 heteroatoms.